The molecule has 0 aliphatic rings. The van der Waals surface area contributed by atoms with Crippen molar-refractivity contribution < 1.29 is 4.79 Å². The summed E-state index contributed by atoms with van der Waals surface area (Å²) in [5, 5.41) is 6.46. The van der Waals surface area contributed by atoms with Crippen LogP contribution in [0.5, 0.6) is 0 Å². The number of rotatable bonds is 4. The Balaban J connectivity index is 1.79. The van der Waals surface area contributed by atoms with E-state index < -0.39 is 5.91 Å². The minimum absolute atomic E-state index is 0.444. The van der Waals surface area contributed by atoms with Crippen LogP contribution in [0.4, 0.5) is 11.5 Å². The first-order valence-electron chi connectivity index (χ1n) is 8.49. The Morgan fingerprint density at radius 3 is 2.52 bits per heavy atom. The lowest BCUT2D eigenvalue weighted by atomic mass is 9.99. The first kappa shape index (κ1) is 17.2. The molecule has 0 saturated heterocycles. The summed E-state index contributed by atoms with van der Waals surface area (Å²) in [6, 6.07) is 13.5. The summed E-state index contributed by atoms with van der Waals surface area (Å²) in [5.41, 5.74) is 11.4. The van der Waals surface area contributed by atoms with Crippen LogP contribution in [0.1, 0.15) is 21.5 Å². The van der Waals surface area contributed by atoms with E-state index in [1.807, 2.05) is 12.1 Å². The van der Waals surface area contributed by atoms with Crippen LogP contribution in [0.2, 0.25) is 0 Å². The van der Waals surface area contributed by atoms with E-state index in [2.05, 4.69) is 52.7 Å². The summed E-state index contributed by atoms with van der Waals surface area (Å²) in [7, 11) is 0. The van der Waals surface area contributed by atoms with Crippen LogP contribution in [0.3, 0.4) is 0 Å². The molecule has 5 nitrogen and oxygen atoms in total. The lowest BCUT2D eigenvalue weighted by Gasteiger charge is -2.10. The minimum atomic E-state index is -0.444. The van der Waals surface area contributed by atoms with Gasteiger partial charge in [0.05, 0.1) is 5.39 Å². The third-order valence-corrected chi connectivity index (χ3v) is 5.36. The highest BCUT2D eigenvalue weighted by molar-refractivity contribution is 7.17. The number of anilines is 2. The number of fused-ring (bicyclic) bond motifs is 1. The van der Waals surface area contributed by atoms with Crippen LogP contribution in [-0.2, 0) is 0 Å². The Bertz CT molecular complexity index is 1150. The molecule has 2 heterocycles. The number of carbonyl (C=O) groups excluding carboxylic acids is 1. The van der Waals surface area contributed by atoms with Crippen LogP contribution in [0.15, 0.2) is 54.2 Å². The third kappa shape index (κ3) is 3.27. The molecule has 2 aromatic carbocycles. The van der Waals surface area contributed by atoms with Crippen molar-refractivity contribution in [3.05, 3.63) is 70.9 Å². The van der Waals surface area contributed by atoms with Crippen molar-refractivity contribution in [2.24, 2.45) is 5.73 Å². The predicted molar refractivity (Wildman–Crippen MR) is 111 cm³/mol. The standard InChI is InChI=1S/C21H18N4OS/c1-12-3-8-16(13(2)9-12)17-10-27-21-18(17)20(23-11-24-21)25-15-6-4-14(5-7-15)19(22)26/h3-11H,1-2H3,(H2,22,26)(H,23,24,25). The molecular formula is C21H18N4OS. The molecule has 0 fully saturated rings. The van der Waals surface area contributed by atoms with E-state index >= 15 is 0 Å². The second-order valence-corrected chi connectivity index (χ2v) is 7.29. The monoisotopic (exact) mass is 374 g/mol. The number of nitrogens with two attached hydrogens (primary N) is 1. The molecule has 0 spiro atoms. The molecule has 3 N–H and O–H groups in total. The first-order valence-corrected chi connectivity index (χ1v) is 9.37. The molecule has 0 saturated carbocycles. The highest BCUT2D eigenvalue weighted by Gasteiger charge is 2.15. The summed E-state index contributed by atoms with van der Waals surface area (Å²) in [6.07, 6.45) is 1.56. The molecule has 0 aliphatic heterocycles. The summed E-state index contributed by atoms with van der Waals surface area (Å²) >= 11 is 1.60. The molecule has 1 amide bonds. The lowest BCUT2D eigenvalue weighted by Crippen LogP contribution is -2.10. The lowest BCUT2D eigenvalue weighted by molar-refractivity contribution is 0.100. The van der Waals surface area contributed by atoms with Crippen molar-refractivity contribution >= 4 is 39.0 Å². The van der Waals surface area contributed by atoms with Crippen LogP contribution in [-0.4, -0.2) is 15.9 Å². The van der Waals surface area contributed by atoms with Crippen molar-refractivity contribution in [3.63, 3.8) is 0 Å². The van der Waals surface area contributed by atoms with Crippen LogP contribution >= 0.6 is 11.3 Å². The number of hydrogen-bond donors (Lipinski definition) is 2. The molecule has 4 rings (SSSR count). The van der Waals surface area contributed by atoms with Gasteiger partial charge in [-0.1, -0.05) is 23.8 Å². The molecule has 0 atom stereocenters. The van der Waals surface area contributed by atoms with Gasteiger partial charge in [0.15, 0.2) is 0 Å². The van der Waals surface area contributed by atoms with Crippen molar-refractivity contribution in [3.8, 4) is 11.1 Å². The largest absolute Gasteiger partial charge is 0.366 e. The predicted octanol–water partition coefficient (Wildman–Crippen LogP) is 4.82. The molecular weight excluding hydrogens is 356 g/mol. The first-order chi connectivity index (χ1) is 13.0. The molecule has 0 bridgehead atoms. The quantitative estimate of drug-likeness (QED) is 0.537. The van der Waals surface area contributed by atoms with Gasteiger partial charge < -0.3 is 11.1 Å². The molecule has 0 unspecified atom stereocenters. The van der Waals surface area contributed by atoms with Crippen molar-refractivity contribution in [1.82, 2.24) is 9.97 Å². The van der Waals surface area contributed by atoms with Crippen molar-refractivity contribution in [2.75, 3.05) is 5.32 Å². The molecule has 27 heavy (non-hydrogen) atoms. The second kappa shape index (κ2) is 6.81. The maximum atomic E-state index is 11.3. The van der Waals surface area contributed by atoms with E-state index in [-0.39, 0.29) is 0 Å². The number of amides is 1. The Morgan fingerprint density at radius 1 is 1.04 bits per heavy atom. The number of hydrogen-bond acceptors (Lipinski definition) is 5. The average Bonchev–Trinajstić information content (AvgIpc) is 3.07. The summed E-state index contributed by atoms with van der Waals surface area (Å²) in [6.45, 7) is 4.21. The maximum absolute atomic E-state index is 11.3. The number of nitrogens with zero attached hydrogens (tertiary/aromatic N) is 2. The average molecular weight is 374 g/mol. The zero-order chi connectivity index (χ0) is 19.0. The van der Waals surface area contributed by atoms with Gasteiger partial charge in [-0.05, 0) is 49.2 Å². The highest BCUT2D eigenvalue weighted by atomic mass is 32.1. The zero-order valence-electron chi connectivity index (χ0n) is 15.0. The van der Waals surface area contributed by atoms with Gasteiger partial charge in [-0.15, -0.1) is 11.3 Å². The Hall–Kier alpha value is -3.25. The second-order valence-electron chi connectivity index (χ2n) is 6.44. The normalized spacial score (nSPS) is 10.9. The van der Waals surface area contributed by atoms with E-state index in [1.165, 1.54) is 16.7 Å². The van der Waals surface area contributed by atoms with Gasteiger partial charge in [0.1, 0.15) is 17.0 Å². The van der Waals surface area contributed by atoms with Crippen molar-refractivity contribution in [1.29, 1.82) is 0 Å². The molecule has 134 valence electrons. The third-order valence-electron chi connectivity index (χ3n) is 4.47. The Kier molecular flexibility index (Phi) is 4.33. The minimum Gasteiger partial charge on any atom is -0.366 e. The Morgan fingerprint density at radius 2 is 1.81 bits per heavy atom. The summed E-state index contributed by atoms with van der Waals surface area (Å²) < 4.78 is 0. The van der Waals surface area contributed by atoms with Gasteiger partial charge in [0, 0.05) is 22.2 Å². The van der Waals surface area contributed by atoms with Crippen LogP contribution in [0.25, 0.3) is 21.3 Å². The van der Waals surface area contributed by atoms with E-state index in [0.717, 1.165) is 27.3 Å². The van der Waals surface area contributed by atoms with Gasteiger partial charge >= 0.3 is 0 Å². The number of aromatic nitrogens is 2. The van der Waals surface area contributed by atoms with Crippen molar-refractivity contribution in [2.45, 2.75) is 13.8 Å². The van der Waals surface area contributed by atoms with Gasteiger partial charge in [-0.3, -0.25) is 4.79 Å². The van der Waals surface area contributed by atoms with Gasteiger partial charge in [0.25, 0.3) is 0 Å². The SMILES string of the molecule is Cc1ccc(-c2csc3ncnc(Nc4ccc(C(N)=O)cc4)c23)c(C)c1. The number of aryl methyl sites for hydroxylation is 2. The topological polar surface area (TPSA) is 80.9 Å². The van der Waals surface area contributed by atoms with Crippen LogP contribution < -0.4 is 11.1 Å². The molecule has 0 aliphatic carbocycles. The summed E-state index contributed by atoms with van der Waals surface area (Å²) in [4.78, 5) is 21.1. The van der Waals surface area contributed by atoms with Gasteiger partial charge in [-0.2, -0.15) is 0 Å². The molecule has 0 radical (unpaired) electrons. The number of primary amides is 1. The molecule has 2 aromatic heterocycles. The number of thiophene rings is 1. The fourth-order valence-electron chi connectivity index (χ4n) is 3.14. The van der Waals surface area contributed by atoms with E-state index in [1.54, 1.807) is 29.8 Å². The Labute approximate surface area is 160 Å². The van der Waals surface area contributed by atoms with Gasteiger partial charge in [-0.25, -0.2) is 9.97 Å². The fraction of sp³-hybridized carbons (Fsp3) is 0.0952. The van der Waals surface area contributed by atoms with Crippen LogP contribution in [0, 0.1) is 13.8 Å². The fourth-order valence-corrected chi connectivity index (χ4v) is 4.05. The number of benzene rings is 2. The molecule has 6 heteroatoms. The number of nitrogens with one attached hydrogen (secondary N) is 1. The number of carbonyl (C=O) groups is 1. The smallest absolute Gasteiger partial charge is 0.248 e. The zero-order valence-corrected chi connectivity index (χ0v) is 15.8. The maximum Gasteiger partial charge on any atom is 0.248 e. The van der Waals surface area contributed by atoms with E-state index in [4.69, 9.17) is 5.73 Å². The highest BCUT2D eigenvalue weighted by Crippen LogP contribution is 2.38. The van der Waals surface area contributed by atoms with E-state index in [9.17, 15) is 4.79 Å². The van der Waals surface area contributed by atoms with E-state index in [0.29, 0.717) is 5.56 Å². The van der Waals surface area contributed by atoms with Gasteiger partial charge in [0.2, 0.25) is 5.91 Å². The molecule has 4 aromatic rings. The summed E-state index contributed by atoms with van der Waals surface area (Å²) in [5.74, 6) is 0.295.